The summed E-state index contributed by atoms with van der Waals surface area (Å²) >= 11 is 1.33. The summed E-state index contributed by atoms with van der Waals surface area (Å²) in [6, 6.07) is 8.20. The number of fused-ring (bicyclic) bond motifs is 1. The zero-order chi connectivity index (χ0) is 12.5. The van der Waals surface area contributed by atoms with Crippen LogP contribution in [0.1, 0.15) is 5.56 Å². The third-order valence-corrected chi connectivity index (χ3v) is 3.56. The lowest BCUT2D eigenvalue weighted by atomic mass is 10.1. The molecule has 3 rings (SSSR count). The Morgan fingerprint density at radius 1 is 1.28 bits per heavy atom. The van der Waals surface area contributed by atoms with Crippen LogP contribution in [0.4, 0.5) is 4.39 Å². The van der Waals surface area contributed by atoms with Crippen molar-refractivity contribution >= 4 is 21.6 Å². The van der Waals surface area contributed by atoms with Crippen molar-refractivity contribution in [3.8, 4) is 16.6 Å². The Morgan fingerprint density at radius 3 is 2.94 bits per heavy atom. The molecule has 86 valence electrons. The molecule has 18 heavy (non-hydrogen) atoms. The average Bonchev–Trinajstić information content (AvgIpc) is 2.81. The Balaban J connectivity index is 2.30. The molecule has 0 aliphatic heterocycles. The minimum absolute atomic E-state index is 0.265. The van der Waals surface area contributed by atoms with Gasteiger partial charge in [0.25, 0.3) is 0 Å². The van der Waals surface area contributed by atoms with Gasteiger partial charge in [0.15, 0.2) is 0 Å². The number of hydrogen-bond acceptors (Lipinski definition) is 4. The van der Waals surface area contributed by atoms with E-state index in [1.807, 2.05) is 6.07 Å². The summed E-state index contributed by atoms with van der Waals surface area (Å²) in [5, 5.41) is 9.53. The van der Waals surface area contributed by atoms with Crippen LogP contribution in [-0.2, 0) is 0 Å². The van der Waals surface area contributed by atoms with Crippen LogP contribution in [0, 0.1) is 17.1 Å². The van der Waals surface area contributed by atoms with Crippen LogP contribution in [0.15, 0.2) is 36.7 Å². The molecule has 0 unspecified atom stereocenters. The molecular weight excluding hydrogens is 249 g/mol. The zero-order valence-corrected chi connectivity index (χ0v) is 9.91. The van der Waals surface area contributed by atoms with Crippen LogP contribution < -0.4 is 0 Å². The van der Waals surface area contributed by atoms with Gasteiger partial charge >= 0.3 is 0 Å². The summed E-state index contributed by atoms with van der Waals surface area (Å²) in [7, 11) is 0. The van der Waals surface area contributed by atoms with Gasteiger partial charge in [0.05, 0.1) is 27.4 Å². The van der Waals surface area contributed by atoms with Gasteiger partial charge in [-0.1, -0.05) is 6.07 Å². The Hall–Kier alpha value is -2.32. The van der Waals surface area contributed by atoms with Gasteiger partial charge in [-0.2, -0.15) is 5.26 Å². The van der Waals surface area contributed by atoms with Crippen molar-refractivity contribution in [1.29, 1.82) is 5.26 Å². The molecule has 0 spiro atoms. The third kappa shape index (κ3) is 1.63. The number of rotatable bonds is 1. The number of nitrogens with zero attached hydrogens (tertiary/aromatic N) is 3. The lowest BCUT2D eigenvalue weighted by Crippen LogP contribution is -1.88. The van der Waals surface area contributed by atoms with Crippen LogP contribution in [0.25, 0.3) is 20.8 Å². The molecule has 3 nitrogen and oxygen atoms in total. The van der Waals surface area contributed by atoms with Crippen LogP contribution in [0.3, 0.4) is 0 Å². The van der Waals surface area contributed by atoms with E-state index in [1.165, 1.54) is 23.5 Å². The molecule has 1 aromatic carbocycles. The zero-order valence-electron chi connectivity index (χ0n) is 9.09. The highest BCUT2D eigenvalue weighted by molar-refractivity contribution is 7.21. The highest BCUT2D eigenvalue weighted by Gasteiger charge is 2.14. The average molecular weight is 255 g/mol. The topological polar surface area (TPSA) is 49.6 Å². The summed E-state index contributed by atoms with van der Waals surface area (Å²) < 4.78 is 14.7. The van der Waals surface area contributed by atoms with E-state index in [0.717, 1.165) is 10.2 Å². The smallest absolute Gasteiger partial charge is 0.134 e. The molecular formula is C13H6FN3S. The second-order valence-corrected chi connectivity index (χ2v) is 4.67. The minimum Gasteiger partial charge on any atom is -0.263 e. The molecule has 2 aromatic heterocycles. The minimum atomic E-state index is -0.430. The van der Waals surface area contributed by atoms with Crippen molar-refractivity contribution in [2.75, 3.05) is 0 Å². The van der Waals surface area contributed by atoms with Crippen molar-refractivity contribution < 1.29 is 4.39 Å². The molecule has 0 aliphatic rings. The van der Waals surface area contributed by atoms with Gasteiger partial charge in [-0.25, -0.2) is 9.37 Å². The van der Waals surface area contributed by atoms with Gasteiger partial charge in [0.1, 0.15) is 10.8 Å². The SMILES string of the molecule is N#Cc1cccc(F)c1-c1nc2ccncc2s1. The van der Waals surface area contributed by atoms with E-state index < -0.39 is 5.82 Å². The molecule has 0 bridgehead atoms. The van der Waals surface area contributed by atoms with Gasteiger partial charge in [-0.15, -0.1) is 11.3 Å². The monoisotopic (exact) mass is 255 g/mol. The predicted octanol–water partition coefficient (Wildman–Crippen LogP) is 3.37. The highest BCUT2D eigenvalue weighted by Crippen LogP contribution is 2.33. The molecule has 3 aromatic rings. The highest BCUT2D eigenvalue weighted by atomic mass is 32.1. The van der Waals surface area contributed by atoms with Crippen molar-refractivity contribution in [2.45, 2.75) is 0 Å². The lowest BCUT2D eigenvalue weighted by molar-refractivity contribution is 0.631. The number of nitriles is 1. The van der Waals surface area contributed by atoms with Gasteiger partial charge in [0.2, 0.25) is 0 Å². The van der Waals surface area contributed by atoms with E-state index in [0.29, 0.717) is 10.6 Å². The van der Waals surface area contributed by atoms with Crippen molar-refractivity contribution in [3.63, 3.8) is 0 Å². The first-order valence-corrected chi connectivity index (χ1v) is 6.01. The first-order chi connectivity index (χ1) is 8.79. The number of benzene rings is 1. The molecule has 0 amide bonds. The Morgan fingerprint density at radius 2 is 2.17 bits per heavy atom. The fraction of sp³-hybridized carbons (Fsp3) is 0. The summed E-state index contributed by atoms with van der Waals surface area (Å²) in [6.07, 6.45) is 3.32. The number of aromatic nitrogens is 2. The van der Waals surface area contributed by atoms with E-state index in [1.54, 1.807) is 24.5 Å². The summed E-state index contributed by atoms with van der Waals surface area (Å²) in [5.41, 5.74) is 1.32. The van der Waals surface area contributed by atoms with Crippen LogP contribution in [0.5, 0.6) is 0 Å². The maximum Gasteiger partial charge on any atom is 0.134 e. The summed E-state index contributed by atoms with van der Waals surface area (Å²) in [6.45, 7) is 0. The molecule has 0 radical (unpaired) electrons. The molecule has 0 aliphatic carbocycles. The van der Waals surface area contributed by atoms with Crippen molar-refractivity contribution in [2.24, 2.45) is 0 Å². The van der Waals surface area contributed by atoms with Gasteiger partial charge in [-0.3, -0.25) is 4.98 Å². The summed E-state index contributed by atoms with van der Waals surface area (Å²) in [5.74, 6) is -0.430. The van der Waals surface area contributed by atoms with Crippen molar-refractivity contribution in [1.82, 2.24) is 9.97 Å². The molecule has 5 heteroatoms. The molecule has 0 N–H and O–H groups in total. The van der Waals surface area contributed by atoms with E-state index in [9.17, 15) is 4.39 Å². The van der Waals surface area contributed by atoms with E-state index in [4.69, 9.17) is 5.26 Å². The maximum absolute atomic E-state index is 13.9. The second kappa shape index (κ2) is 4.17. The Kier molecular flexibility index (Phi) is 2.50. The normalized spacial score (nSPS) is 10.4. The van der Waals surface area contributed by atoms with Gasteiger partial charge < -0.3 is 0 Å². The first kappa shape index (κ1) is 10.8. The van der Waals surface area contributed by atoms with Crippen LogP contribution in [-0.4, -0.2) is 9.97 Å². The quantitative estimate of drug-likeness (QED) is 0.669. The fourth-order valence-electron chi connectivity index (χ4n) is 1.72. The first-order valence-electron chi connectivity index (χ1n) is 5.19. The lowest BCUT2D eigenvalue weighted by Gasteiger charge is -2.00. The molecule has 0 saturated heterocycles. The Bertz CT molecular complexity index is 740. The largest absolute Gasteiger partial charge is 0.263 e. The van der Waals surface area contributed by atoms with Gasteiger partial charge in [0, 0.05) is 12.4 Å². The standard InChI is InChI=1S/C13H6FN3S/c14-9-3-1-2-8(6-15)12(9)13-17-10-4-5-16-7-11(10)18-13/h1-5,7H. The fourth-order valence-corrected chi connectivity index (χ4v) is 2.72. The molecule has 0 atom stereocenters. The van der Waals surface area contributed by atoms with E-state index in [2.05, 4.69) is 9.97 Å². The van der Waals surface area contributed by atoms with Crippen LogP contribution in [0.2, 0.25) is 0 Å². The molecule has 0 fully saturated rings. The van der Waals surface area contributed by atoms with Crippen LogP contribution >= 0.6 is 11.3 Å². The van der Waals surface area contributed by atoms with E-state index >= 15 is 0 Å². The second-order valence-electron chi connectivity index (χ2n) is 3.64. The van der Waals surface area contributed by atoms with E-state index in [-0.39, 0.29) is 5.56 Å². The third-order valence-electron chi connectivity index (χ3n) is 2.54. The number of pyridine rings is 1. The molecule has 2 heterocycles. The maximum atomic E-state index is 13.9. The number of thiazole rings is 1. The van der Waals surface area contributed by atoms with Gasteiger partial charge in [-0.05, 0) is 18.2 Å². The predicted molar refractivity (Wildman–Crippen MR) is 67.5 cm³/mol. The Labute approximate surface area is 106 Å². The summed E-state index contributed by atoms with van der Waals surface area (Å²) in [4.78, 5) is 8.34. The van der Waals surface area contributed by atoms with Crippen molar-refractivity contribution in [3.05, 3.63) is 48.0 Å². The number of hydrogen-bond donors (Lipinski definition) is 0. The number of halogens is 1. The molecule has 0 saturated carbocycles.